The first-order valence-electron chi connectivity index (χ1n) is 8.59. The molecule has 0 fully saturated rings. The minimum absolute atomic E-state index is 0.00179. The van der Waals surface area contributed by atoms with Gasteiger partial charge in [-0.1, -0.05) is 36.4 Å². The van der Waals surface area contributed by atoms with Crippen molar-refractivity contribution in [1.29, 1.82) is 0 Å². The molecule has 1 aromatic heterocycles. The van der Waals surface area contributed by atoms with E-state index in [1.54, 1.807) is 24.2 Å². The molecule has 5 heteroatoms. The number of aromatic nitrogens is 1. The molecule has 3 aromatic rings. The van der Waals surface area contributed by atoms with Gasteiger partial charge in [0.1, 0.15) is 0 Å². The zero-order valence-electron chi connectivity index (χ0n) is 14.5. The fourth-order valence-corrected chi connectivity index (χ4v) is 3.48. The lowest BCUT2D eigenvalue weighted by Crippen LogP contribution is -2.30. The second kappa shape index (κ2) is 6.59. The van der Waals surface area contributed by atoms with E-state index < -0.39 is 0 Å². The third-order valence-electron chi connectivity index (χ3n) is 4.87. The molecule has 0 bridgehead atoms. The molecule has 1 N–H and O–H groups in total. The van der Waals surface area contributed by atoms with Gasteiger partial charge < -0.3 is 10.2 Å². The van der Waals surface area contributed by atoms with Gasteiger partial charge in [0.25, 0.3) is 5.91 Å². The molecule has 1 atom stereocenters. The Bertz CT molecular complexity index is 994. The van der Waals surface area contributed by atoms with Gasteiger partial charge in [-0.25, -0.2) is 0 Å². The van der Waals surface area contributed by atoms with Gasteiger partial charge in [-0.15, -0.1) is 0 Å². The smallest absolute Gasteiger partial charge is 0.252 e. The Morgan fingerprint density at radius 2 is 2.00 bits per heavy atom. The summed E-state index contributed by atoms with van der Waals surface area (Å²) < 4.78 is 0. The number of hydrogen-bond acceptors (Lipinski definition) is 3. The second-order valence-corrected chi connectivity index (χ2v) is 6.58. The number of nitrogens with zero attached hydrogens (tertiary/aromatic N) is 2. The standard InChI is InChI=1S/C21H19N3O2/c1-24(13-15-6-4-5-14-12-22-10-9-16(14)15)20(25)11-19-17-7-2-3-8-18(17)21(26)23-19/h2-10,12,19H,11,13H2,1H3,(H,23,26). The molecular formula is C21H19N3O2. The molecule has 26 heavy (non-hydrogen) atoms. The van der Waals surface area contributed by atoms with Crippen LogP contribution >= 0.6 is 0 Å². The van der Waals surface area contributed by atoms with E-state index in [9.17, 15) is 9.59 Å². The normalized spacial score (nSPS) is 15.6. The maximum Gasteiger partial charge on any atom is 0.252 e. The maximum atomic E-state index is 12.7. The van der Waals surface area contributed by atoms with Crippen molar-refractivity contribution in [2.24, 2.45) is 0 Å². The molecule has 2 aromatic carbocycles. The van der Waals surface area contributed by atoms with Gasteiger partial charge in [0, 0.05) is 36.9 Å². The van der Waals surface area contributed by atoms with E-state index in [-0.39, 0.29) is 24.3 Å². The number of nitrogens with one attached hydrogen (secondary N) is 1. The molecule has 0 saturated heterocycles. The number of hydrogen-bond donors (Lipinski definition) is 1. The zero-order valence-corrected chi connectivity index (χ0v) is 14.5. The molecule has 5 nitrogen and oxygen atoms in total. The van der Waals surface area contributed by atoms with Crippen LogP contribution in [0, 0.1) is 0 Å². The summed E-state index contributed by atoms with van der Waals surface area (Å²) in [5, 5.41) is 5.06. The van der Waals surface area contributed by atoms with E-state index in [1.165, 1.54) is 0 Å². The lowest BCUT2D eigenvalue weighted by molar-refractivity contribution is -0.130. The van der Waals surface area contributed by atoms with E-state index >= 15 is 0 Å². The van der Waals surface area contributed by atoms with Crippen molar-refractivity contribution in [2.75, 3.05) is 7.05 Å². The van der Waals surface area contributed by atoms with Gasteiger partial charge in [0.2, 0.25) is 5.91 Å². The first-order valence-corrected chi connectivity index (χ1v) is 8.59. The largest absolute Gasteiger partial charge is 0.345 e. The molecule has 0 saturated carbocycles. The van der Waals surface area contributed by atoms with Crippen molar-refractivity contribution in [3.05, 3.63) is 77.6 Å². The van der Waals surface area contributed by atoms with Crippen LogP contribution in [0.5, 0.6) is 0 Å². The van der Waals surface area contributed by atoms with Crippen LogP contribution in [0.3, 0.4) is 0 Å². The number of fused-ring (bicyclic) bond motifs is 2. The summed E-state index contributed by atoms with van der Waals surface area (Å²) in [6.07, 6.45) is 3.84. The molecule has 1 aliphatic heterocycles. The van der Waals surface area contributed by atoms with Crippen LogP contribution in [-0.4, -0.2) is 28.7 Å². The second-order valence-electron chi connectivity index (χ2n) is 6.58. The summed E-state index contributed by atoms with van der Waals surface area (Å²) >= 11 is 0. The number of pyridine rings is 1. The van der Waals surface area contributed by atoms with E-state index in [4.69, 9.17) is 0 Å². The first-order chi connectivity index (χ1) is 12.6. The minimum Gasteiger partial charge on any atom is -0.345 e. The van der Waals surface area contributed by atoms with Crippen LogP contribution in [0.25, 0.3) is 10.8 Å². The molecule has 0 spiro atoms. The van der Waals surface area contributed by atoms with Crippen LogP contribution < -0.4 is 5.32 Å². The third kappa shape index (κ3) is 2.92. The molecule has 1 unspecified atom stereocenters. The van der Waals surface area contributed by atoms with Crippen molar-refractivity contribution >= 4 is 22.6 Å². The van der Waals surface area contributed by atoms with Gasteiger partial charge in [0.15, 0.2) is 0 Å². The van der Waals surface area contributed by atoms with Crippen LogP contribution in [0.15, 0.2) is 60.9 Å². The topological polar surface area (TPSA) is 62.3 Å². The highest BCUT2D eigenvalue weighted by Crippen LogP contribution is 2.28. The summed E-state index contributed by atoms with van der Waals surface area (Å²) in [4.78, 5) is 30.6. The van der Waals surface area contributed by atoms with E-state index in [1.807, 2.05) is 48.7 Å². The number of carbonyl (C=O) groups is 2. The molecule has 130 valence electrons. The number of carbonyl (C=O) groups excluding carboxylic acids is 2. The summed E-state index contributed by atoms with van der Waals surface area (Å²) in [6.45, 7) is 0.516. The average molecular weight is 345 g/mol. The monoisotopic (exact) mass is 345 g/mol. The fraction of sp³-hybridized carbons (Fsp3) is 0.190. The Kier molecular flexibility index (Phi) is 4.13. The quantitative estimate of drug-likeness (QED) is 0.790. The zero-order chi connectivity index (χ0) is 18.1. The third-order valence-corrected chi connectivity index (χ3v) is 4.87. The van der Waals surface area contributed by atoms with Gasteiger partial charge in [-0.05, 0) is 28.6 Å². The number of benzene rings is 2. The highest BCUT2D eigenvalue weighted by Gasteiger charge is 2.30. The van der Waals surface area contributed by atoms with Crippen LogP contribution in [0.1, 0.15) is 33.9 Å². The van der Waals surface area contributed by atoms with Crippen molar-refractivity contribution in [3.8, 4) is 0 Å². The van der Waals surface area contributed by atoms with E-state index in [0.29, 0.717) is 12.1 Å². The van der Waals surface area contributed by atoms with E-state index in [2.05, 4.69) is 10.3 Å². The lowest BCUT2D eigenvalue weighted by Gasteiger charge is -2.21. The predicted octanol–water partition coefficient (Wildman–Crippen LogP) is 3.07. The van der Waals surface area contributed by atoms with Crippen molar-refractivity contribution in [1.82, 2.24) is 15.2 Å². The average Bonchev–Trinajstić information content (AvgIpc) is 2.98. The van der Waals surface area contributed by atoms with Gasteiger partial charge >= 0.3 is 0 Å². The molecule has 4 rings (SSSR count). The van der Waals surface area contributed by atoms with Crippen molar-refractivity contribution < 1.29 is 9.59 Å². The van der Waals surface area contributed by atoms with Gasteiger partial charge in [-0.2, -0.15) is 0 Å². The summed E-state index contributed by atoms with van der Waals surface area (Å²) in [5.41, 5.74) is 2.64. The van der Waals surface area contributed by atoms with Crippen LogP contribution in [-0.2, 0) is 11.3 Å². The summed E-state index contributed by atoms with van der Waals surface area (Å²) in [6, 6.07) is 15.2. The predicted molar refractivity (Wildman–Crippen MR) is 99.5 cm³/mol. The van der Waals surface area contributed by atoms with Gasteiger partial charge in [0.05, 0.1) is 12.5 Å². The Morgan fingerprint density at radius 3 is 2.88 bits per heavy atom. The number of rotatable bonds is 4. The highest BCUT2D eigenvalue weighted by molar-refractivity contribution is 5.99. The van der Waals surface area contributed by atoms with Crippen molar-refractivity contribution in [3.63, 3.8) is 0 Å². The Balaban J connectivity index is 1.50. The lowest BCUT2D eigenvalue weighted by atomic mass is 10.0. The molecule has 0 aliphatic carbocycles. The molecule has 0 radical (unpaired) electrons. The van der Waals surface area contributed by atoms with Gasteiger partial charge in [-0.3, -0.25) is 14.6 Å². The Labute approximate surface area is 151 Å². The number of amides is 2. The Morgan fingerprint density at radius 1 is 1.15 bits per heavy atom. The fourth-order valence-electron chi connectivity index (χ4n) is 3.48. The summed E-state index contributed by atoms with van der Waals surface area (Å²) in [7, 11) is 1.80. The SMILES string of the molecule is CN(Cc1cccc2cnccc12)C(=O)CC1NC(=O)c2ccccc21. The molecular weight excluding hydrogens is 326 g/mol. The van der Waals surface area contributed by atoms with Crippen molar-refractivity contribution in [2.45, 2.75) is 19.0 Å². The van der Waals surface area contributed by atoms with Crippen LogP contribution in [0.4, 0.5) is 0 Å². The summed E-state index contributed by atoms with van der Waals surface area (Å²) in [5.74, 6) is -0.110. The highest BCUT2D eigenvalue weighted by atomic mass is 16.2. The Hall–Kier alpha value is -3.21. The minimum atomic E-state index is -0.259. The molecule has 2 heterocycles. The molecule has 1 aliphatic rings. The van der Waals surface area contributed by atoms with E-state index in [0.717, 1.165) is 21.9 Å². The first kappa shape index (κ1) is 16.3. The maximum absolute atomic E-state index is 12.7. The van der Waals surface area contributed by atoms with Crippen LogP contribution in [0.2, 0.25) is 0 Å². The molecule has 2 amide bonds.